The number of Topliss-reactive ketones (excluding diaryl/α,β-unsaturated/α-hetero) is 1. The third-order valence-electron chi connectivity index (χ3n) is 13.7. The number of rotatable bonds is 11. The number of aromatic nitrogens is 2. The number of amides is 2. The summed E-state index contributed by atoms with van der Waals surface area (Å²) in [5.74, 6) is -5.72. The number of ether oxygens (including phenoxy) is 4. The number of cyclic esters (lactones) is 1. The number of hydrogen-bond acceptors (Lipinski definition) is 18. The molecule has 3 aliphatic heterocycles. The average molecular weight is 972 g/mol. The second kappa shape index (κ2) is 22.7. The van der Waals surface area contributed by atoms with Crippen molar-refractivity contribution in [2.24, 2.45) is 39.6 Å². The number of carbonyl (C=O) groups excluding carboxylic acids is 4. The first kappa shape index (κ1) is 54.8. The van der Waals surface area contributed by atoms with Gasteiger partial charge in [0, 0.05) is 47.2 Å². The number of nitrogens with zero attached hydrogens (tertiary/aromatic N) is 5. The number of carbonyl (C=O) groups is 4. The van der Waals surface area contributed by atoms with Crippen molar-refractivity contribution in [3.63, 3.8) is 0 Å². The van der Waals surface area contributed by atoms with Crippen molar-refractivity contribution in [1.29, 1.82) is 0 Å². The number of hydrogen-bond donors (Lipinski definition) is 5. The second-order valence-corrected chi connectivity index (χ2v) is 20.4. The van der Waals surface area contributed by atoms with Gasteiger partial charge in [-0.15, -0.1) is 11.3 Å². The van der Waals surface area contributed by atoms with Crippen LogP contribution in [0, 0.1) is 23.7 Å². The molecular formula is C48H73N7O12S. The quantitative estimate of drug-likeness (QED) is 0.118. The maximum atomic E-state index is 14.7. The maximum Gasteiger partial charge on any atom is 0.346 e. The molecule has 3 saturated heterocycles. The molecule has 2 amide bonds. The molecule has 0 aliphatic carbocycles. The number of fused-ring (bicyclic) bond motifs is 5. The molecule has 68 heavy (non-hydrogen) atoms. The molecule has 3 fully saturated rings. The summed E-state index contributed by atoms with van der Waals surface area (Å²) in [6.45, 7) is 16.3. The van der Waals surface area contributed by atoms with Crippen LogP contribution in [0.25, 0.3) is 10.6 Å². The molecular weight excluding hydrogens is 899 g/mol. The molecule has 2 bridgehead atoms. The highest BCUT2D eigenvalue weighted by molar-refractivity contribution is 7.13. The largest absolute Gasteiger partial charge is 0.457 e. The predicted molar refractivity (Wildman–Crippen MR) is 256 cm³/mol. The van der Waals surface area contributed by atoms with Gasteiger partial charge in [0.15, 0.2) is 18.7 Å². The van der Waals surface area contributed by atoms with Gasteiger partial charge in [0.2, 0.25) is 17.4 Å². The fraction of sp³-hybridized carbons (Fsp3) is 0.708. The van der Waals surface area contributed by atoms with Crippen molar-refractivity contribution in [1.82, 2.24) is 14.9 Å². The van der Waals surface area contributed by atoms with Gasteiger partial charge in [-0.2, -0.15) is 0 Å². The van der Waals surface area contributed by atoms with E-state index in [1.807, 2.05) is 45.8 Å². The smallest absolute Gasteiger partial charge is 0.346 e. The third-order valence-corrected chi connectivity index (χ3v) is 14.6. The summed E-state index contributed by atoms with van der Waals surface area (Å²) in [6.07, 6.45) is -2.51. The molecule has 3 aliphatic rings. The maximum absolute atomic E-state index is 14.7. The minimum atomic E-state index is -2.70. The summed E-state index contributed by atoms with van der Waals surface area (Å²) < 4.78 is 25.9. The Bertz CT molecular complexity index is 2140. The van der Waals surface area contributed by atoms with E-state index < -0.39 is 82.9 Å². The summed E-state index contributed by atoms with van der Waals surface area (Å²) in [6, 6.07) is 2.52. The SMILES string of the molecule is CCC(=O)/N=C1\[C@H](C)C[C@@]2(C)OC/C(=N/OCc3ccc(-c4nc(NC(=O)[C@H](C)N)cs4)cn3)CC[C@H]([C@H]1C)[C@](C)(O)[C@@H](CC)OC(=O)[C@@](C)(O)C(=O)[C@H](C)[C@H]2O[C@@H]1O[C@H](C)C[C@H](N(C)C)[C@H]1O. The minimum absolute atomic E-state index is 0.0402. The number of aliphatic hydroxyl groups excluding tert-OH is 1. The Balaban J connectivity index is 1.60. The zero-order valence-electron chi connectivity index (χ0n) is 41.6. The average Bonchev–Trinajstić information content (AvgIpc) is 3.75. The van der Waals surface area contributed by atoms with Crippen LogP contribution in [0.1, 0.15) is 113 Å². The molecule has 378 valence electrons. The van der Waals surface area contributed by atoms with Gasteiger partial charge >= 0.3 is 5.97 Å². The lowest BCUT2D eigenvalue weighted by molar-refractivity contribution is -0.296. The lowest BCUT2D eigenvalue weighted by atomic mass is 9.68. The van der Waals surface area contributed by atoms with Crippen molar-refractivity contribution in [2.75, 3.05) is 26.0 Å². The number of oxime groups is 1. The number of nitrogens with two attached hydrogens (primary N) is 1. The highest BCUT2D eigenvalue weighted by atomic mass is 32.1. The van der Waals surface area contributed by atoms with Crippen molar-refractivity contribution in [2.45, 2.75) is 174 Å². The van der Waals surface area contributed by atoms with E-state index in [-0.39, 0.29) is 69.3 Å². The Morgan fingerprint density at radius 1 is 1.10 bits per heavy atom. The highest BCUT2D eigenvalue weighted by Gasteiger charge is 2.55. The predicted octanol–water partition coefficient (Wildman–Crippen LogP) is 4.44. The van der Waals surface area contributed by atoms with Crippen LogP contribution in [-0.4, -0.2) is 145 Å². The Morgan fingerprint density at radius 3 is 2.43 bits per heavy atom. The first-order valence-corrected chi connectivity index (χ1v) is 24.5. The highest BCUT2D eigenvalue weighted by Crippen LogP contribution is 2.43. The zero-order valence-corrected chi connectivity index (χ0v) is 42.4. The number of thiazole rings is 1. The van der Waals surface area contributed by atoms with E-state index in [0.717, 1.165) is 12.5 Å². The number of anilines is 1. The lowest BCUT2D eigenvalue weighted by Gasteiger charge is -2.48. The molecule has 0 radical (unpaired) electrons. The molecule has 19 nitrogen and oxygen atoms in total. The molecule has 5 rings (SSSR count). The van der Waals surface area contributed by atoms with Crippen LogP contribution in [-0.2, 0) is 49.6 Å². The molecule has 0 spiro atoms. The fourth-order valence-electron chi connectivity index (χ4n) is 9.72. The summed E-state index contributed by atoms with van der Waals surface area (Å²) in [4.78, 5) is 75.7. The van der Waals surface area contributed by atoms with E-state index in [2.05, 4.69) is 25.4 Å². The molecule has 0 unspecified atom stereocenters. The van der Waals surface area contributed by atoms with Crippen LogP contribution in [0.2, 0.25) is 0 Å². The van der Waals surface area contributed by atoms with Crippen LogP contribution in [0.5, 0.6) is 0 Å². The van der Waals surface area contributed by atoms with Gasteiger partial charge in [-0.1, -0.05) is 39.8 Å². The Labute approximate surface area is 403 Å². The molecule has 0 aromatic carbocycles. The molecule has 20 heteroatoms. The number of aliphatic imine (C=N–C) groups is 1. The summed E-state index contributed by atoms with van der Waals surface area (Å²) in [7, 11) is 3.67. The minimum Gasteiger partial charge on any atom is -0.457 e. The third kappa shape index (κ3) is 12.6. The van der Waals surface area contributed by atoms with E-state index >= 15 is 0 Å². The van der Waals surface area contributed by atoms with Gasteiger partial charge in [-0.25, -0.2) is 14.8 Å². The lowest BCUT2D eigenvalue weighted by Crippen LogP contribution is -2.61. The van der Waals surface area contributed by atoms with Crippen molar-refractivity contribution >= 4 is 52.1 Å². The first-order chi connectivity index (χ1) is 31.8. The standard InChI is InChI=1S/C48H73N7O12S/c1-13-35-47(9,61)33-18-17-32(54-64-23-31-16-15-30(21-50-31)43-52-36(24-68-43)51-42(59)29(7)49)22-63-46(8,20-25(3)38(27(33)5)53-37(56)14-2)41(28(6)40(58)48(10,62)45(60)66-35)67-44-39(57)34(55(11)12)19-26(4)65-44/h15-16,21,24-29,33-35,39,41,44,57,61-62H,13-14,17-20,22-23,49H2,1-12H3,(H,51,59)/b53-38+,54-32+/t25-,26-,27-,28+,29+,33-,34+,35-,39-,41-,44+,46-,47+,48+/m1/s1. The molecule has 2 aromatic rings. The molecule has 0 saturated carbocycles. The first-order valence-electron chi connectivity index (χ1n) is 23.6. The van der Waals surface area contributed by atoms with Gasteiger partial charge in [0.05, 0.1) is 41.9 Å². The van der Waals surface area contributed by atoms with Crippen LogP contribution < -0.4 is 11.1 Å². The van der Waals surface area contributed by atoms with E-state index in [1.54, 1.807) is 52.3 Å². The molecule has 2 aromatic heterocycles. The topological polar surface area (TPSA) is 267 Å². The summed E-state index contributed by atoms with van der Waals surface area (Å²) >= 11 is 1.34. The summed E-state index contributed by atoms with van der Waals surface area (Å²) in [5.41, 5.74) is 1.82. The van der Waals surface area contributed by atoms with Gasteiger partial charge in [-0.3, -0.25) is 19.4 Å². The number of likely N-dealkylation sites (N-methyl/N-ethyl adjacent to an activating group) is 1. The number of ketones is 1. The van der Waals surface area contributed by atoms with Crippen molar-refractivity contribution in [3.05, 3.63) is 29.4 Å². The fourth-order valence-corrected chi connectivity index (χ4v) is 10.5. The Kier molecular flexibility index (Phi) is 18.3. The molecule has 5 heterocycles. The Morgan fingerprint density at radius 2 is 1.81 bits per heavy atom. The number of pyridine rings is 1. The van der Waals surface area contributed by atoms with Crippen LogP contribution in [0.4, 0.5) is 5.82 Å². The van der Waals surface area contributed by atoms with Crippen LogP contribution in [0.15, 0.2) is 33.9 Å². The van der Waals surface area contributed by atoms with Gasteiger partial charge < -0.3 is 55.1 Å². The zero-order chi connectivity index (χ0) is 50.5. The second-order valence-electron chi connectivity index (χ2n) is 19.6. The number of esters is 1. The monoisotopic (exact) mass is 972 g/mol. The van der Waals surface area contributed by atoms with Crippen LogP contribution >= 0.6 is 11.3 Å². The van der Waals surface area contributed by atoms with E-state index in [9.17, 15) is 34.5 Å². The number of nitrogens with one attached hydrogen (secondary N) is 1. The summed E-state index contributed by atoms with van der Waals surface area (Å²) in [5, 5.41) is 45.9. The Hall–Kier alpha value is -4.12. The van der Waals surface area contributed by atoms with Crippen molar-refractivity contribution < 1.29 is 58.3 Å². The van der Waals surface area contributed by atoms with Gasteiger partial charge in [0.1, 0.15) is 28.6 Å². The molecule has 14 atom stereocenters. The van der Waals surface area contributed by atoms with E-state index in [0.29, 0.717) is 34.4 Å². The van der Waals surface area contributed by atoms with Gasteiger partial charge in [-0.05, 0) is 105 Å². The van der Waals surface area contributed by atoms with E-state index in [4.69, 9.17) is 29.5 Å². The van der Waals surface area contributed by atoms with E-state index in [1.165, 1.54) is 18.3 Å². The normalized spacial score (nSPS) is 36.1. The van der Waals surface area contributed by atoms with Crippen LogP contribution in [0.3, 0.4) is 0 Å². The van der Waals surface area contributed by atoms with Gasteiger partial charge in [0.25, 0.3) is 0 Å². The molecule has 6 N–H and O–H groups in total. The number of aliphatic hydroxyl groups is 3. The van der Waals surface area contributed by atoms with Crippen molar-refractivity contribution in [3.8, 4) is 10.6 Å².